The number of hydrogen-bond donors (Lipinski definition) is 0. The van der Waals surface area contributed by atoms with Gasteiger partial charge in [-0.05, 0) is 54.3 Å². The van der Waals surface area contributed by atoms with Gasteiger partial charge in [0.2, 0.25) is 0 Å². The van der Waals surface area contributed by atoms with Gasteiger partial charge in [-0.25, -0.2) is 0 Å². The smallest absolute Gasteiger partial charge is 0.119 e. The van der Waals surface area contributed by atoms with Gasteiger partial charge in [0.25, 0.3) is 0 Å². The van der Waals surface area contributed by atoms with Crippen LogP contribution in [-0.4, -0.2) is 14.2 Å². The maximum Gasteiger partial charge on any atom is 0.119 e. The predicted octanol–water partition coefficient (Wildman–Crippen LogP) is 3.86. The summed E-state index contributed by atoms with van der Waals surface area (Å²) in [5.41, 5.74) is 3.31. The van der Waals surface area contributed by atoms with Crippen molar-refractivity contribution in [3.05, 3.63) is 59.2 Å². The quantitative estimate of drug-likeness (QED) is 0.835. The normalized spacial score (nSPS) is 11.5. The van der Waals surface area contributed by atoms with Crippen molar-refractivity contribution in [1.29, 1.82) is 5.26 Å². The van der Waals surface area contributed by atoms with Crippen LogP contribution in [0.2, 0.25) is 0 Å². The molecule has 0 amide bonds. The van der Waals surface area contributed by atoms with Crippen molar-refractivity contribution >= 4 is 0 Å². The molecule has 0 aliphatic rings. The van der Waals surface area contributed by atoms with Gasteiger partial charge in [0.15, 0.2) is 0 Å². The zero-order chi connectivity index (χ0) is 15.2. The number of aryl methyl sites for hydroxylation is 1. The number of hydrogen-bond acceptors (Lipinski definition) is 3. The number of benzene rings is 2. The minimum absolute atomic E-state index is 0.164. The monoisotopic (exact) mass is 281 g/mol. The number of methoxy groups -OCH3 is 2. The minimum atomic E-state index is -0.164. The van der Waals surface area contributed by atoms with Crippen molar-refractivity contribution in [3.63, 3.8) is 0 Å². The topological polar surface area (TPSA) is 42.2 Å². The Morgan fingerprint density at radius 2 is 1.62 bits per heavy atom. The van der Waals surface area contributed by atoms with Crippen LogP contribution in [0, 0.1) is 18.3 Å². The molecule has 0 aliphatic carbocycles. The SMILES string of the molecule is COc1ccc([C@H](C#N)Cc2ccc(OC)cc2C)cc1. The molecule has 0 heterocycles. The highest BCUT2D eigenvalue weighted by Gasteiger charge is 2.13. The van der Waals surface area contributed by atoms with E-state index < -0.39 is 0 Å². The molecule has 0 radical (unpaired) electrons. The highest BCUT2D eigenvalue weighted by Crippen LogP contribution is 2.25. The summed E-state index contributed by atoms with van der Waals surface area (Å²) in [4.78, 5) is 0. The molecule has 0 saturated carbocycles. The van der Waals surface area contributed by atoms with Gasteiger partial charge < -0.3 is 9.47 Å². The molecule has 2 rings (SSSR count). The van der Waals surface area contributed by atoms with Crippen molar-refractivity contribution in [2.45, 2.75) is 19.3 Å². The Labute approximate surface area is 125 Å². The molecule has 0 saturated heterocycles. The van der Waals surface area contributed by atoms with Gasteiger partial charge in [0.05, 0.1) is 26.2 Å². The average molecular weight is 281 g/mol. The third-order valence-electron chi connectivity index (χ3n) is 3.65. The summed E-state index contributed by atoms with van der Waals surface area (Å²) in [6.45, 7) is 2.04. The largest absolute Gasteiger partial charge is 0.497 e. The van der Waals surface area contributed by atoms with E-state index in [0.29, 0.717) is 6.42 Å². The first-order valence-corrected chi connectivity index (χ1v) is 6.85. The molecular weight excluding hydrogens is 262 g/mol. The van der Waals surface area contributed by atoms with Gasteiger partial charge in [-0.3, -0.25) is 0 Å². The lowest BCUT2D eigenvalue weighted by atomic mass is 9.91. The summed E-state index contributed by atoms with van der Waals surface area (Å²) < 4.78 is 10.4. The molecule has 0 spiro atoms. The van der Waals surface area contributed by atoms with Gasteiger partial charge in [-0.15, -0.1) is 0 Å². The van der Waals surface area contributed by atoms with Crippen molar-refractivity contribution in [2.75, 3.05) is 14.2 Å². The van der Waals surface area contributed by atoms with E-state index in [2.05, 4.69) is 6.07 Å². The van der Waals surface area contributed by atoms with E-state index in [1.54, 1.807) is 14.2 Å². The van der Waals surface area contributed by atoms with Crippen LogP contribution in [0.25, 0.3) is 0 Å². The number of ether oxygens (including phenoxy) is 2. The highest BCUT2D eigenvalue weighted by atomic mass is 16.5. The molecule has 108 valence electrons. The third-order valence-corrected chi connectivity index (χ3v) is 3.65. The molecule has 2 aromatic carbocycles. The predicted molar refractivity (Wildman–Crippen MR) is 82.8 cm³/mol. The molecule has 1 atom stereocenters. The second-order valence-electron chi connectivity index (χ2n) is 4.95. The molecule has 0 fully saturated rings. The summed E-state index contributed by atoms with van der Waals surface area (Å²) in [7, 11) is 3.29. The van der Waals surface area contributed by atoms with E-state index in [9.17, 15) is 5.26 Å². The van der Waals surface area contributed by atoms with Crippen molar-refractivity contribution in [1.82, 2.24) is 0 Å². The first-order valence-electron chi connectivity index (χ1n) is 6.85. The molecule has 0 aliphatic heterocycles. The zero-order valence-corrected chi connectivity index (χ0v) is 12.6. The molecule has 3 heteroatoms. The van der Waals surface area contributed by atoms with E-state index in [1.807, 2.05) is 49.4 Å². The van der Waals surface area contributed by atoms with Gasteiger partial charge in [0, 0.05) is 0 Å². The van der Waals surface area contributed by atoms with E-state index >= 15 is 0 Å². The summed E-state index contributed by atoms with van der Waals surface area (Å²) in [6, 6.07) is 16.0. The number of nitriles is 1. The summed E-state index contributed by atoms with van der Waals surface area (Å²) in [5.74, 6) is 1.48. The van der Waals surface area contributed by atoms with Crippen molar-refractivity contribution in [2.24, 2.45) is 0 Å². The van der Waals surface area contributed by atoms with Crippen LogP contribution >= 0.6 is 0 Å². The minimum Gasteiger partial charge on any atom is -0.497 e. The Morgan fingerprint density at radius 1 is 1.00 bits per heavy atom. The van der Waals surface area contributed by atoms with Crippen LogP contribution in [0.3, 0.4) is 0 Å². The lowest BCUT2D eigenvalue weighted by Gasteiger charge is -2.13. The second-order valence-corrected chi connectivity index (χ2v) is 4.95. The van der Waals surface area contributed by atoms with E-state index in [4.69, 9.17) is 9.47 Å². The first-order chi connectivity index (χ1) is 10.2. The van der Waals surface area contributed by atoms with Gasteiger partial charge in [0.1, 0.15) is 11.5 Å². The van der Waals surface area contributed by atoms with E-state index in [0.717, 1.165) is 28.2 Å². The highest BCUT2D eigenvalue weighted by molar-refractivity contribution is 5.38. The molecule has 2 aromatic rings. The summed E-state index contributed by atoms with van der Waals surface area (Å²) in [6.07, 6.45) is 0.693. The molecular formula is C18H19NO2. The van der Waals surface area contributed by atoms with Gasteiger partial charge in [-0.2, -0.15) is 5.26 Å². The van der Waals surface area contributed by atoms with Crippen LogP contribution in [0.15, 0.2) is 42.5 Å². The maximum absolute atomic E-state index is 9.45. The summed E-state index contributed by atoms with van der Waals surface area (Å²) in [5, 5.41) is 9.45. The Bertz CT molecular complexity index is 641. The molecule has 0 aromatic heterocycles. The van der Waals surface area contributed by atoms with Crippen LogP contribution in [0.1, 0.15) is 22.6 Å². The fourth-order valence-electron chi connectivity index (χ4n) is 2.32. The lowest BCUT2D eigenvalue weighted by molar-refractivity contribution is 0.414. The first kappa shape index (κ1) is 14.9. The molecule has 3 nitrogen and oxygen atoms in total. The van der Waals surface area contributed by atoms with Crippen LogP contribution < -0.4 is 9.47 Å². The van der Waals surface area contributed by atoms with E-state index in [-0.39, 0.29) is 5.92 Å². The summed E-state index contributed by atoms with van der Waals surface area (Å²) >= 11 is 0. The number of rotatable bonds is 5. The van der Waals surface area contributed by atoms with Crippen LogP contribution in [0.4, 0.5) is 0 Å². The Balaban J connectivity index is 2.20. The molecule has 0 bridgehead atoms. The molecule has 21 heavy (non-hydrogen) atoms. The Morgan fingerprint density at radius 3 is 2.14 bits per heavy atom. The fraction of sp³-hybridized carbons (Fsp3) is 0.278. The third kappa shape index (κ3) is 3.55. The Kier molecular flexibility index (Phi) is 4.84. The second kappa shape index (κ2) is 6.81. The van der Waals surface area contributed by atoms with Crippen LogP contribution in [0.5, 0.6) is 11.5 Å². The zero-order valence-electron chi connectivity index (χ0n) is 12.6. The molecule has 0 unspecified atom stereocenters. The van der Waals surface area contributed by atoms with Crippen molar-refractivity contribution in [3.8, 4) is 17.6 Å². The standard InChI is InChI=1S/C18H19NO2/c1-13-10-18(21-3)9-6-15(13)11-16(12-19)14-4-7-17(20-2)8-5-14/h4-10,16H,11H2,1-3H3/t16-/m0/s1. The Hall–Kier alpha value is -2.47. The van der Waals surface area contributed by atoms with E-state index in [1.165, 1.54) is 0 Å². The molecule has 0 N–H and O–H groups in total. The average Bonchev–Trinajstić information content (AvgIpc) is 2.54. The fourth-order valence-corrected chi connectivity index (χ4v) is 2.32. The maximum atomic E-state index is 9.45. The number of nitrogens with zero attached hydrogens (tertiary/aromatic N) is 1. The lowest BCUT2D eigenvalue weighted by Crippen LogP contribution is -2.02. The van der Waals surface area contributed by atoms with Crippen molar-refractivity contribution < 1.29 is 9.47 Å². The van der Waals surface area contributed by atoms with Gasteiger partial charge >= 0.3 is 0 Å². The van der Waals surface area contributed by atoms with Gasteiger partial charge in [-0.1, -0.05) is 18.2 Å². The van der Waals surface area contributed by atoms with Crippen LogP contribution in [-0.2, 0) is 6.42 Å².